The van der Waals surface area contributed by atoms with Gasteiger partial charge in [-0.25, -0.2) is 4.98 Å². The maximum Gasteiger partial charge on any atom is 0.166 e. The molecule has 10 heavy (non-hydrogen) atoms. The predicted octanol–water partition coefficient (Wildman–Crippen LogP) is 1.71. The van der Waals surface area contributed by atoms with Crippen molar-refractivity contribution in [1.82, 2.24) is 9.55 Å². The highest BCUT2D eigenvalue weighted by molar-refractivity contribution is 6.40. The van der Waals surface area contributed by atoms with E-state index in [1.165, 1.54) is 10.9 Å². The van der Waals surface area contributed by atoms with Crippen molar-refractivity contribution in [3.05, 3.63) is 16.6 Å². The summed E-state index contributed by atoms with van der Waals surface area (Å²) in [4.78, 5) is 3.68. The molecule has 3 nitrogen and oxygen atoms in total. The molecule has 0 amide bonds. The molecule has 1 rings (SSSR count). The Labute approximate surface area is 67.8 Å². The lowest BCUT2D eigenvalue weighted by molar-refractivity contribution is 0.831. The summed E-state index contributed by atoms with van der Waals surface area (Å²) >= 11 is 11.1. The Morgan fingerprint density at radius 2 is 2.40 bits per heavy atom. The third-order valence-electron chi connectivity index (χ3n) is 0.974. The zero-order chi connectivity index (χ0) is 7.56. The standard InChI is InChI=1S/C5H3Cl2N3/c6-4-5(7)10(2-1-8)3-9-4/h3H,2H2. The Kier molecular flexibility index (Phi) is 2.15. The summed E-state index contributed by atoms with van der Waals surface area (Å²) in [5.74, 6) is 0. The number of hydrogen-bond acceptors (Lipinski definition) is 2. The number of hydrogen-bond donors (Lipinski definition) is 0. The van der Waals surface area contributed by atoms with Crippen molar-refractivity contribution in [2.45, 2.75) is 6.54 Å². The van der Waals surface area contributed by atoms with E-state index >= 15 is 0 Å². The van der Waals surface area contributed by atoms with E-state index in [1.807, 2.05) is 6.07 Å². The summed E-state index contributed by atoms with van der Waals surface area (Å²) in [5.41, 5.74) is 0. The molecule has 1 aromatic rings. The molecule has 0 saturated carbocycles. The molecule has 0 aliphatic carbocycles. The van der Waals surface area contributed by atoms with E-state index in [0.29, 0.717) is 5.15 Å². The highest BCUT2D eigenvalue weighted by atomic mass is 35.5. The highest BCUT2D eigenvalue weighted by Gasteiger charge is 2.03. The van der Waals surface area contributed by atoms with Gasteiger partial charge in [0.05, 0.1) is 12.4 Å². The van der Waals surface area contributed by atoms with Gasteiger partial charge in [0.25, 0.3) is 0 Å². The molecule has 1 aromatic heterocycles. The van der Waals surface area contributed by atoms with Crippen LogP contribution in [0.3, 0.4) is 0 Å². The molecule has 52 valence electrons. The van der Waals surface area contributed by atoms with Crippen LogP contribution in [0, 0.1) is 11.3 Å². The minimum atomic E-state index is 0.179. The fourth-order valence-electron chi connectivity index (χ4n) is 0.529. The smallest absolute Gasteiger partial charge is 0.166 e. The summed E-state index contributed by atoms with van der Waals surface area (Å²) in [7, 11) is 0. The minimum absolute atomic E-state index is 0.179. The van der Waals surface area contributed by atoms with E-state index in [0.717, 1.165) is 0 Å². The third kappa shape index (κ3) is 1.23. The normalized spacial score (nSPS) is 9.30. The van der Waals surface area contributed by atoms with Gasteiger partial charge in [-0.2, -0.15) is 5.26 Å². The molecule has 0 N–H and O–H groups in total. The van der Waals surface area contributed by atoms with Gasteiger partial charge < -0.3 is 4.57 Å². The van der Waals surface area contributed by atoms with Crippen molar-refractivity contribution >= 4 is 23.2 Å². The van der Waals surface area contributed by atoms with E-state index in [1.54, 1.807) is 0 Å². The van der Waals surface area contributed by atoms with Crippen LogP contribution in [0.5, 0.6) is 0 Å². The fraction of sp³-hybridized carbons (Fsp3) is 0.200. The van der Waals surface area contributed by atoms with E-state index in [2.05, 4.69) is 4.98 Å². The van der Waals surface area contributed by atoms with Gasteiger partial charge >= 0.3 is 0 Å². The van der Waals surface area contributed by atoms with Crippen LogP contribution in [0.25, 0.3) is 0 Å². The van der Waals surface area contributed by atoms with Gasteiger partial charge in [0.1, 0.15) is 11.7 Å². The van der Waals surface area contributed by atoms with E-state index < -0.39 is 0 Å². The van der Waals surface area contributed by atoms with Crippen LogP contribution in [-0.2, 0) is 6.54 Å². The first kappa shape index (κ1) is 7.39. The first-order valence-electron chi connectivity index (χ1n) is 2.48. The molecule has 1 heterocycles. The number of halogens is 2. The largest absolute Gasteiger partial charge is 0.306 e. The third-order valence-corrected chi connectivity index (χ3v) is 1.74. The second kappa shape index (κ2) is 2.91. The molecule has 0 atom stereocenters. The number of rotatable bonds is 1. The van der Waals surface area contributed by atoms with Gasteiger partial charge in [0.2, 0.25) is 0 Å². The van der Waals surface area contributed by atoms with Crippen LogP contribution in [0.4, 0.5) is 0 Å². The zero-order valence-corrected chi connectivity index (χ0v) is 6.39. The summed E-state index contributed by atoms with van der Waals surface area (Å²) < 4.78 is 1.46. The van der Waals surface area contributed by atoms with Crippen molar-refractivity contribution in [1.29, 1.82) is 5.26 Å². The highest BCUT2D eigenvalue weighted by Crippen LogP contribution is 2.18. The lowest BCUT2D eigenvalue weighted by Crippen LogP contribution is -1.91. The van der Waals surface area contributed by atoms with Crippen LogP contribution in [0.2, 0.25) is 10.3 Å². The molecular weight excluding hydrogens is 173 g/mol. The number of nitrogens with zero attached hydrogens (tertiary/aromatic N) is 3. The topological polar surface area (TPSA) is 41.6 Å². The molecule has 0 radical (unpaired) electrons. The second-order valence-electron chi connectivity index (χ2n) is 1.61. The maximum atomic E-state index is 8.25. The Bertz CT molecular complexity index is 273. The van der Waals surface area contributed by atoms with Crippen LogP contribution >= 0.6 is 23.2 Å². The Morgan fingerprint density at radius 1 is 1.70 bits per heavy atom. The molecule has 0 fully saturated rings. The van der Waals surface area contributed by atoms with Crippen LogP contribution in [0.15, 0.2) is 6.33 Å². The van der Waals surface area contributed by atoms with Crippen molar-refractivity contribution < 1.29 is 0 Å². The lowest BCUT2D eigenvalue weighted by atomic mass is 10.7. The summed E-state index contributed by atoms with van der Waals surface area (Å²) in [6.07, 6.45) is 1.42. The van der Waals surface area contributed by atoms with Gasteiger partial charge in [-0.05, 0) is 0 Å². The predicted molar refractivity (Wildman–Crippen MR) is 37.9 cm³/mol. The molecule has 0 aromatic carbocycles. The fourth-order valence-corrected chi connectivity index (χ4v) is 0.834. The Hall–Kier alpha value is -0.720. The molecule has 0 aliphatic heterocycles. The van der Waals surface area contributed by atoms with Crippen LogP contribution in [0.1, 0.15) is 0 Å². The Morgan fingerprint density at radius 3 is 2.80 bits per heavy atom. The molecule has 0 saturated heterocycles. The van der Waals surface area contributed by atoms with Gasteiger partial charge in [0, 0.05) is 0 Å². The lowest BCUT2D eigenvalue weighted by Gasteiger charge is -1.92. The van der Waals surface area contributed by atoms with Gasteiger partial charge in [-0.3, -0.25) is 0 Å². The SMILES string of the molecule is N#CCn1cnc(Cl)c1Cl. The molecule has 0 spiro atoms. The van der Waals surface area contributed by atoms with E-state index in [9.17, 15) is 0 Å². The number of aromatic nitrogens is 2. The van der Waals surface area contributed by atoms with Crippen molar-refractivity contribution in [3.63, 3.8) is 0 Å². The molecule has 0 bridgehead atoms. The quantitative estimate of drug-likeness (QED) is 0.653. The minimum Gasteiger partial charge on any atom is -0.306 e. The average Bonchev–Trinajstić information content (AvgIpc) is 2.20. The first-order valence-corrected chi connectivity index (χ1v) is 3.24. The number of nitriles is 1. The molecular formula is C5H3Cl2N3. The average molecular weight is 176 g/mol. The monoisotopic (exact) mass is 175 g/mol. The van der Waals surface area contributed by atoms with Crippen molar-refractivity contribution in [2.24, 2.45) is 0 Å². The van der Waals surface area contributed by atoms with Gasteiger partial charge in [-0.15, -0.1) is 0 Å². The van der Waals surface area contributed by atoms with Crippen molar-refractivity contribution in [2.75, 3.05) is 0 Å². The van der Waals surface area contributed by atoms with Crippen molar-refractivity contribution in [3.8, 4) is 6.07 Å². The first-order chi connectivity index (χ1) is 4.75. The second-order valence-corrected chi connectivity index (χ2v) is 2.33. The molecule has 0 unspecified atom stereocenters. The maximum absolute atomic E-state index is 8.25. The Balaban J connectivity index is 2.96. The van der Waals surface area contributed by atoms with Crippen LogP contribution < -0.4 is 0 Å². The summed E-state index contributed by atoms with van der Waals surface area (Å²) in [6.45, 7) is 0.179. The number of imidazole rings is 1. The van der Waals surface area contributed by atoms with E-state index in [-0.39, 0.29) is 11.7 Å². The zero-order valence-electron chi connectivity index (χ0n) is 4.88. The molecule has 5 heteroatoms. The summed E-state index contributed by atoms with van der Waals surface area (Å²) in [5, 5.41) is 8.79. The van der Waals surface area contributed by atoms with Gasteiger partial charge in [0.15, 0.2) is 5.15 Å². The molecule has 0 aliphatic rings. The van der Waals surface area contributed by atoms with E-state index in [4.69, 9.17) is 28.5 Å². The van der Waals surface area contributed by atoms with Gasteiger partial charge in [-0.1, -0.05) is 23.2 Å². The van der Waals surface area contributed by atoms with Crippen LogP contribution in [-0.4, -0.2) is 9.55 Å². The summed E-state index contributed by atoms with van der Waals surface area (Å²) in [6, 6.07) is 1.92.